The van der Waals surface area contributed by atoms with Crippen molar-refractivity contribution in [3.05, 3.63) is 58.9 Å². The van der Waals surface area contributed by atoms with Crippen LogP contribution >= 0.6 is 11.3 Å². The Bertz CT molecular complexity index is 901. The molecule has 0 aliphatic carbocycles. The Kier molecular flexibility index (Phi) is 5.92. The molecule has 2 aromatic heterocycles. The van der Waals surface area contributed by atoms with E-state index in [1.165, 1.54) is 11.1 Å². The van der Waals surface area contributed by atoms with E-state index in [2.05, 4.69) is 58.0 Å². The van der Waals surface area contributed by atoms with E-state index in [0.717, 1.165) is 42.6 Å². The first-order valence-corrected chi connectivity index (χ1v) is 10.6. The van der Waals surface area contributed by atoms with Gasteiger partial charge in [0.1, 0.15) is 0 Å². The maximum Gasteiger partial charge on any atom is 0.193 e. The fraction of sp³-hybridized carbons (Fsp3) is 0.429. The second-order valence-corrected chi connectivity index (χ2v) is 8.11. The molecule has 4 rings (SSSR count). The molecule has 1 aliphatic heterocycles. The topological polar surface area (TPSA) is 63.0 Å². The number of fused-ring (bicyclic) bond motifs is 1. The van der Waals surface area contributed by atoms with Gasteiger partial charge < -0.3 is 15.4 Å². The second-order valence-electron chi connectivity index (χ2n) is 7.24. The number of imidazole rings is 1. The number of thiazole rings is 1. The summed E-state index contributed by atoms with van der Waals surface area (Å²) < 4.78 is 8.17. The summed E-state index contributed by atoms with van der Waals surface area (Å²) in [6.07, 6.45) is 6.47. The van der Waals surface area contributed by atoms with Crippen LogP contribution in [-0.4, -0.2) is 35.5 Å². The molecular formula is C21H27N5OS. The van der Waals surface area contributed by atoms with Gasteiger partial charge >= 0.3 is 0 Å². The lowest BCUT2D eigenvalue weighted by molar-refractivity contribution is -0.0265. The largest absolute Gasteiger partial charge is 0.373 e. The minimum Gasteiger partial charge on any atom is -0.373 e. The highest BCUT2D eigenvalue weighted by Crippen LogP contribution is 2.33. The van der Waals surface area contributed by atoms with Crippen LogP contribution in [-0.2, 0) is 11.3 Å². The van der Waals surface area contributed by atoms with Crippen LogP contribution in [0.3, 0.4) is 0 Å². The number of hydrogen-bond acceptors (Lipinski definition) is 4. The highest BCUT2D eigenvalue weighted by atomic mass is 32.1. The van der Waals surface area contributed by atoms with Gasteiger partial charge in [0.05, 0.1) is 18.3 Å². The van der Waals surface area contributed by atoms with Gasteiger partial charge in [0, 0.05) is 43.9 Å². The van der Waals surface area contributed by atoms with E-state index in [0.29, 0.717) is 12.5 Å². The number of rotatable bonds is 5. The van der Waals surface area contributed by atoms with Crippen molar-refractivity contribution >= 4 is 22.3 Å². The zero-order chi connectivity index (χ0) is 19.3. The summed E-state index contributed by atoms with van der Waals surface area (Å²) in [5.74, 6) is 1.22. The van der Waals surface area contributed by atoms with Crippen LogP contribution in [0.1, 0.15) is 35.8 Å². The van der Waals surface area contributed by atoms with Gasteiger partial charge in [0.25, 0.3) is 0 Å². The Morgan fingerprint density at radius 3 is 2.96 bits per heavy atom. The Morgan fingerprint density at radius 1 is 1.32 bits per heavy atom. The lowest BCUT2D eigenvalue weighted by atomic mass is 9.89. The van der Waals surface area contributed by atoms with Crippen LogP contribution in [0.15, 0.2) is 47.0 Å². The van der Waals surface area contributed by atoms with Gasteiger partial charge in [-0.2, -0.15) is 0 Å². The molecule has 1 aromatic carbocycles. The first-order valence-electron chi connectivity index (χ1n) is 9.76. The molecule has 148 valence electrons. The predicted octanol–water partition coefficient (Wildman–Crippen LogP) is 3.54. The van der Waals surface area contributed by atoms with Gasteiger partial charge in [0.15, 0.2) is 10.9 Å². The van der Waals surface area contributed by atoms with Gasteiger partial charge in [-0.05, 0) is 25.3 Å². The van der Waals surface area contributed by atoms with Gasteiger partial charge in [-0.25, -0.2) is 4.98 Å². The van der Waals surface area contributed by atoms with Gasteiger partial charge in [-0.1, -0.05) is 29.8 Å². The van der Waals surface area contributed by atoms with Crippen LogP contribution in [0.2, 0.25) is 0 Å². The van der Waals surface area contributed by atoms with Crippen molar-refractivity contribution in [3.63, 3.8) is 0 Å². The molecule has 0 spiro atoms. The fourth-order valence-electron chi connectivity index (χ4n) is 3.66. The third-order valence-corrected chi connectivity index (χ3v) is 5.96. The van der Waals surface area contributed by atoms with E-state index in [1.54, 1.807) is 18.4 Å². The Balaban J connectivity index is 1.33. The van der Waals surface area contributed by atoms with Crippen molar-refractivity contribution in [2.45, 2.75) is 32.4 Å². The summed E-state index contributed by atoms with van der Waals surface area (Å²) in [4.78, 5) is 9.98. The van der Waals surface area contributed by atoms with Crippen LogP contribution in [0.5, 0.6) is 0 Å². The molecule has 2 unspecified atom stereocenters. The van der Waals surface area contributed by atoms with E-state index in [9.17, 15) is 0 Å². The van der Waals surface area contributed by atoms with Crippen molar-refractivity contribution in [1.29, 1.82) is 0 Å². The van der Waals surface area contributed by atoms with E-state index in [4.69, 9.17) is 4.74 Å². The molecule has 28 heavy (non-hydrogen) atoms. The van der Waals surface area contributed by atoms with Crippen molar-refractivity contribution in [2.24, 2.45) is 10.9 Å². The average Bonchev–Trinajstić information content (AvgIpc) is 3.31. The predicted molar refractivity (Wildman–Crippen MR) is 114 cm³/mol. The molecule has 6 nitrogen and oxygen atoms in total. The molecule has 1 fully saturated rings. The first-order chi connectivity index (χ1) is 13.7. The zero-order valence-electron chi connectivity index (χ0n) is 16.4. The highest BCUT2D eigenvalue weighted by molar-refractivity contribution is 7.15. The van der Waals surface area contributed by atoms with Crippen LogP contribution in [0.25, 0.3) is 4.96 Å². The lowest BCUT2D eigenvalue weighted by Crippen LogP contribution is -2.41. The lowest BCUT2D eigenvalue weighted by Gasteiger charge is -2.32. The van der Waals surface area contributed by atoms with E-state index in [-0.39, 0.29) is 6.10 Å². The molecule has 0 amide bonds. The van der Waals surface area contributed by atoms with Crippen molar-refractivity contribution in [2.75, 3.05) is 20.2 Å². The van der Waals surface area contributed by atoms with E-state index < -0.39 is 0 Å². The third-order valence-electron chi connectivity index (χ3n) is 5.19. The number of nitrogens with one attached hydrogen (secondary N) is 2. The van der Waals surface area contributed by atoms with Crippen molar-refractivity contribution < 1.29 is 4.74 Å². The standard InChI is InChI=1S/C21H27N5OS/c1-15-5-7-16(8-6-15)19-17(4-3-10-27-19)12-23-20(22-2)24-13-18-14-26-9-11-28-21(26)25-18/h5-9,11,14,17,19H,3-4,10,12-13H2,1-2H3,(H2,22,23,24). The van der Waals surface area contributed by atoms with Gasteiger partial charge in [-0.15, -0.1) is 11.3 Å². The third kappa shape index (κ3) is 4.36. The van der Waals surface area contributed by atoms with Gasteiger partial charge in [-0.3, -0.25) is 9.39 Å². The number of nitrogens with zero attached hydrogens (tertiary/aromatic N) is 3. The van der Waals surface area contributed by atoms with Crippen molar-refractivity contribution in [3.8, 4) is 0 Å². The average molecular weight is 398 g/mol. The molecule has 7 heteroatoms. The molecule has 1 aliphatic rings. The summed E-state index contributed by atoms with van der Waals surface area (Å²) >= 11 is 1.64. The summed E-state index contributed by atoms with van der Waals surface area (Å²) in [7, 11) is 1.80. The number of guanidine groups is 1. The quantitative estimate of drug-likeness (QED) is 0.511. The molecule has 2 N–H and O–H groups in total. The molecule has 2 atom stereocenters. The number of aryl methyl sites for hydroxylation is 1. The van der Waals surface area contributed by atoms with E-state index >= 15 is 0 Å². The maximum absolute atomic E-state index is 6.12. The molecule has 3 aromatic rings. The monoisotopic (exact) mass is 397 g/mol. The number of aliphatic imine (C=N–C) groups is 1. The van der Waals surface area contributed by atoms with Crippen molar-refractivity contribution in [1.82, 2.24) is 20.0 Å². The van der Waals surface area contributed by atoms with Crippen LogP contribution < -0.4 is 10.6 Å². The highest BCUT2D eigenvalue weighted by Gasteiger charge is 2.27. The Morgan fingerprint density at radius 2 is 2.18 bits per heavy atom. The zero-order valence-corrected chi connectivity index (χ0v) is 17.2. The van der Waals surface area contributed by atoms with E-state index in [1.807, 2.05) is 16.0 Å². The molecular weight excluding hydrogens is 370 g/mol. The molecule has 0 radical (unpaired) electrons. The SMILES string of the molecule is CN=C(NCc1cn2ccsc2n1)NCC1CCCOC1c1ccc(C)cc1. The fourth-order valence-corrected chi connectivity index (χ4v) is 4.38. The Hall–Kier alpha value is -2.38. The number of hydrogen-bond donors (Lipinski definition) is 2. The number of benzene rings is 1. The smallest absolute Gasteiger partial charge is 0.193 e. The molecule has 3 heterocycles. The number of aromatic nitrogens is 2. The minimum absolute atomic E-state index is 0.139. The maximum atomic E-state index is 6.12. The summed E-state index contributed by atoms with van der Waals surface area (Å²) in [6.45, 7) is 4.43. The van der Waals surface area contributed by atoms with Crippen LogP contribution in [0, 0.1) is 12.8 Å². The van der Waals surface area contributed by atoms with Gasteiger partial charge in [0.2, 0.25) is 0 Å². The summed E-state index contributed by atoms with van der Waals surface area (Å²) in [5, 5.41) is 8.88. The summed E-state index contributed by atoms with van der Waals surface area (Å²) in [5.41, 5.74) is 3.55. The molecule has 0 saturated carbocycles. The molecule has 0 bridgehead atoms. The summed E-state index contributed by atoms with van der Waals surface area (Å²) in [6, 6.07) is 8.70. The molecule has 1 saturated heterocycles. The minimum atomic E-state index is 0.139. The number of ether oxygens (including phenoxy) is 1. The first kappa shape index (κ1) is 19.0. The Labute approximate surface area is 169 Å². The normalized spacial score (nSPS) is 20.4. The van der Waals surface area contributed by atoms with Crippen LogP contribution in [0.4, 0.5) is 0 Å². The second kappa shape index (κ2) is 8.75.